The third-order valence-electron chi connectivity index (χ3n) is 4.37. The van der Waals surface area contributed by atoms with E-state index in [2.05, 4.69) is 20.9 Å². The maximum absolute atomic E-state index is 12.9. The maximum atomic E-state index is 12.9. The number of carbonyl (C=O) groups excluding carboxylic acids is 3. The lowest BCUT2D eigenvalue weighted by Gasteiger charge is -2.25. The highest BCUT2D eigenvalue weighted by atomic mass is 32.2. The van der Waals surface area contributed by atoms with Crippen molar-refractivity contribution in [1.29, 1.82) is 0 Å². The molecule has 0 aromatic carbocycles. The molecule has 32 heavy (non-hydrogen) atoms. The molecular weight excluding hydrogens is 442 g/mol. The fraction of sp³-hybridized carbons (Fsp3) is 0.722. The summed E-state index contributed by atoms with van der Waals surface area (Å²) in [6.07, 6.45) is 1.40. The van der Waals surface area contributed by atoms with E-state index in [0.29, 0.717) is 12.2 Å². The topological polar surface area (TPSA) is 235 Å². The number of hydrogen-bond donors (Lipinski definition) is 8. The van der Waals surface area contributed by atoms with E-state index in [4.69, 9.17) is 22.3 Å². The molecule has 0 saturated carbocycles. The van der Waals surface area contributed by atoms with Gasteiger partial charge in [-0.15, -0.1) is 0 Å². The zero-order valence-electron chi connectivity index (χ0n) is 18.5. The van der Waals surface area contributed by atoms with Gasteiger partial charge in [0.05, 0.1) is 6.10 Å². The Labute approximate surface area is 191 Å². The van der Waals surface area contributed by atoms with E-state index in [9.17, 15) is 24.3 Å². The van der Waals surface area contributed by atoms with E-state index in [1.54, 1.807) is 0 Å². The van der Waals surface area contributed by atoms with Crippen LogP contribution in [-0.4, -0.2) is 88.7 Å². The molecule has 5 atom stereocenters. The molecule has 0 spiro atoms. The Hall–Kier alpha value is -2.58. The van der Waals surface area contributed by atoms with Crippen LogP contribution in [-0.2, 0) is 19.2 Å². The van der Waals surface area contributed by atoms with Gasteiger partial charge in [-0.1, -0.05) is 0 Å². The van der Waals surface area contributed by atoms with Gasteiger partial charge in [0.15, 0.2) is 5.96 Å². The number of carbonyl (C=O) groups is 4. The predicted octanol–water partition coefficient (Wildman–Crippen LogP) is -2.94. The first-order valence-corrected chi connectivity index (χ1v) is 11.4. The van der Waals surface area contributed by atoms with Crippen molar-refractivity contribution in [3.05, 3.63) is 0 Å². The third kappa shape index (κ3) is 11.7. The zero-order valence-corrected chi connectivity index (χ0v) is 19.4. The van der Waals surface area contributed by atoms with Crippen molar-refractivity contribution in [1.82, 2.24) is 16.0 Å². The van der Waals surface area contributed by atoms with Crippen molar-refractivity contribution in [2.45, 2.75) is 63.4 Å². The average Bonchev–Trinajstić information content (AvgIpc) is 2.71. The average molecular weight is 478 g/mol. The zero-order chi connectivity index (χ0) is 24.8. The first kappa shape index (κ1) is 29.4. The molecule has 184 valence electrons. The molecular formula is C18H35N7O6S. The molecule has 0 radical (unpaired) electrons. The number of amides is 3. The molecule has 3 amide bonds. The van der Waals surface area contributed by atoms with E-state index in [1.165, 1.54) is 25.6 Å². The number of thioether (sulfide) groups is 1. The second kappa shape index (κ2) is 15.3. The van der Waals surface area contributed by atoms with Crippen molar-refractivity contribution >= 4 is 41.4 Å². The molecule has 0 bridgehead atoms. The summed E-state index contributed by atoms with van der Waals surface area (Å²) in [6.45, 7) is 2.84. The fourth-order valence-electron chi connectivity index (χ4n) is 2.41. The molecule has 0 aromatic rings. The SMILES string of the molecule is CSCCC(NC(=O)C(N)C(C)O)C(=O)NC(CCCN=C(N)N)C(=O)NC(C)C(=O)O. The lowest BCUT2D eigenvalue weighted by atomic mass is 10.1. The molecule has 14 heteroatoms. The van der Waals surface area contributed by atoms with Crippen LogP contribution in [0.15, 0.2) is 4.99 Å². The maximum Gasteiger partial charge on any atom is 0.325 e. The highest BCUT2D eigenvalue weighted by Crippen LogP contribution is 2.05. The van der Waals surface area contributed by atoms with Gasteiger partial charge in [-0.2, -0.15) is 11.8 Å². The Morgan fingerprint density at radius 3 is 2.00 bits per heavy atom. The number of aliphatic hydroxyl groups excluding tert-OH is 1. The lowest BCUT2D eigenvalue weighted by molar-refractivity contribution is -0.141. The molecule has 5 unspecified atom stereocenters. The van der Waals surface area contributed by atoms with Gasteiger partial charge in [0.1, 0.15) is 24.2 Å². The molecule has 0 rings (SSSR count). The summed E-state index contributed by atoms with van der Waals surface area (Å²) < 4.78 is 0. The number of rotatable bonds is 15. The monoisotopic (exact) mass is 477 g/mol. The molecule has 0 aliphatic heterocycles. The quantitative estimate of drug-likeness (QED) is 0.0678. The highest BCUT2D eigenvalue weighted by molar-refractivity contribution is 7.98. The lowest BCUT2D eigenvalue weighted by Crippen LogP contribution is -2.58. The van der Waals surface area contributed by atoms with Crippen LogP contribution in [0, 0.1) is 0 Å². The second-order valence-corrected chi connectivity index (χ2v) is 8.17. The molecule has 0 aliphatic rings. The summed E-state index contributed by atoms with van der Waals surface area (Å²) in [7, 11) is 0. The van der Waals surface area contributed by atoms with Gasteiger partial charge in [-0.25, -0.2) is 0 Å². The molecule has 0 aromatic heterocycles. The van der Waals surface area contributed by atoms with E-state index in [-0.39, 0.29) is 25.3 Å². The van der Waals surface area contributed by atoms with E-state index < -0.39 is 54.0 Å². The first-order chi connectivity index (χ1) is 14.9. The summed E-state index contributed by atoms with van der Waals surface area (Å²) in [5, 5.41) is 25.9. The van der Waals surface area contributed by atoms with E-state index in [0.717, 1.165) is 0 Å². The molecule has 13 nitrogen and oxygen atoms in total. The van der Waals surface area contributed by atoms with E-state index >= 15 is 0 Å². The summed E-state index contributed by atoms with van der Waals surface area (Å²) in [4.78, 5) is 52.5. The van der Waals surface area contributed by atoms with Gasteiger partial charge < -0.3 is 43.4 Å². The minimum atomic E-state index is -1.24. The van der Waals surface area contributed by atoms with Gasteiger partial charge in [0.25, 0.3) is 0 Å². The molecule has 0 fully saturated rings. The minimum absolute atomic E-state index is 0.121. The number of carboxylic acids is 1. The Morgan fingerprint density at radius 2 is 1.50 bits per heavy atom. The van der Waals surface area contributed by atoms with Crippen LogP contribution in [0.5, 0.6) is 0 Å². The standard InChI is InChI=1S/C18H35N7O6S/c1-9(17(30)31)23-14(27)11(5-4-7-22-18(20)21)24-15(28)12(6-8-32-3)25-16(29)13(19)10(2)26/h9-13,26H,4-8,19H2,1-3H3,(H,23,27)(H,24,28)(H,25,29)(H,30,31)(H4,20,21,22). The molecule has 0 aliphatic carbocycles. The summed E-state index contributed by atoms with van der Waals surface area (Å²) >= 11 is 1.45. The normalized spacial score (nSPS) is 15.4. The van der Waals surface area contributed by atoms with Crippen molar-refractivity contribution in [2.24, 2.45) is 22.2 Å². The highest BCUT2D eigenvalue weighted by Gasteiger charge is 2.29. The number of nitrogens with two attached hydrogens (primary N) is 3. The molecule has 0 heterocycles. The Morgan fingerprint density at radius 1 is 0.969 bits per heavy atom. The van der Waals surface area contributed by atoms with Crippen LogP contribution in [0.4, 0.5) is 0 Å². The number of aliphatic imine (C=N–C) groups is 1. The Bertz CT molecular complexity index is 672. The van der Waals surface area contributed by atoms with Gasteiger partial charge in [-0.05, 0) is 45.1 Å². The number of nitrogens with zero attached hydrogens (tertiary/aromatic N) is 1. The van der Waals surface area contributed by atoms with Crippen molar-refractivity contribution in [2.75, 3.05) is 18.6 Å². The number of nitrogens with one attached hydrogen (secondary N) is 3. The van der Waals surface area contributed by atoms with Crippen molar-refractivity contribution in [3.63, 3.8) is 0 Å². The fourth-order valence-corrected chi connectivity index (χ4v) is 2.88. The number of guanidine groups is 1. The molecule has 11 N–H and O–H groups in total. The summed E-state index contributed by atoms with van der Waals surface area (Å²) in [5.74, 6) is -2.89. The third-order valence-corrected chi connectivity index (χ3v) is 5.02. The van der Waals surface area contributed by atoms with Crippen LogP contribution in [0.3, 0.4) is 0 Å². The Kier molecular flexibility index (Phi) is 14.0. The number of aliphatic hydroxyl groups is 1. The van der Waals surface area contributed by atoms with Crippen LogP contribution in [0.25, 0.3) is 0 Å². The van der Waals surface area contributed by atoms with Crippen LogP contribution < -0.4 is 33.2 Å². The Balaban J connectivity index is 5.39. The van der Waals surface area contributed by atoms with Gasteiger partial charge in [0, 0.05) is 6.54 Å². The molecule has 0 saturated heterocycles. The van der Waals surface area contributed by atoms with Crippen molar-refractivity contribution in [3.8, 4) is 0 Å². The van der Waals surface area contributed by atoms with E-state index in [1.807, 2.05) is 6.26 Å². The summed E-state index contributed by atoms with van der Waals surface area (Å²) in [6, 6.07) is -4.49. The summed E-state index contributed by atoms with van der Waals surface area (Å²) in [5.41, 5.74) is 16.2. The van der Waals surface area contributed by atoms with Gasteiger partial charge in [0.2, 0.25) is 17.7 Å². The largest absolute Gasteiger partial charge is 0.480 e. The predicted molar refractivity (Wildman–Crippen MR) is 122 cm³/mol. The second-order valence-electron chi connectivity index (χ2n) is 7.19. The number of carboxylic acid groups (broad SMARTS) is 1. The van der Waals surface area contributed by atoms with Crippen molar-refractivity contribution < 1.29 is 29.4 Å². The van der Waals surface area contributed by atoms with Gasteiger partial charge in [-0.3, -0.25) is 24.2 Å². The van der Waals surface area contributed by atoms with Crippen LogP contribution >= 0.6 is 11.8 Å². The van der Waals surface area contributed by atoms with Gasteiger partial charge >= 0.3 is 5.97 Å². The minimum Gasteiger partial charge on any atom is -0.480 e. The smallest absolute Gasteiger partial charge is 0.325 e. The first-order valence-electron chi connectivity index (χ1n) is 10.0. The number of hydrogen-bond acceptors (Lipinski definition) is 8. The van der Waals surface area contributed by atoms with Crippen LogP contribution in [0.2, 0.25) is 0 Å². The van der Waals surface area contributed by atoms with Crippen LogP contribution in [0.1, 0.15) is 33.1 Å². The number of aliphatic carboxylic acids is 1.